The molecular formula is C6H3IN2. The van der Waals surface area contributed by atoms with Crippen molar-refractivity contribution in [3.63, 3.8) is 0 Å². The smallest absolute Gasteiger partial charge is 0.101 e. The van der Waals surface area contributed by atoms with Crippen LogP contribution in [-0.4, -0.2) is 4.98 Å². The number of hydrogen-bond acceptors (Lipinski definition) is 2. The summed E-state index contributed by atoms with van der Waals surface area (Å²) in [4.78, 5) is 3.91. The molecule has 9 heavy (non-hydrogen) atoms. The molecule has 44 valence electrons. The predicted molar refractivity (Wildman–Crippen MR) is 41.7 cm³/mol. The first-order valence-corrected chi connectivity index (χ1v) is 3.42. The zero-order chi connectivity index (χ0) is 6.69. The minimum absolute atomic E-state index is 0.607. The molecule has 0 bridgehead atoms. The van der Waals surface area contributed by atoms with Crippen molar-refractivity contribution >= 4 is 22.6 Å². The van der Waals surface area contributed by atoms with Crippen LogP contribution in [0.4, 0.5) is 0 Å². The Morgan fingerprint density at radius 2 is 2.33 bits per heavy atom. The summed E-state index contributed by atoms with van der Waals surface area (Å²) in [5, 5.41) is 8.34. The average molecular weight is 230 g/mol. The van der Waals surface area contributed by atoms with E-state index in [2.05, 4.69) is 27.6 Å². The summed E-state index contributed by atoms with van der Waals surface area (Å²) in [6.07, 6.45) is 1.56. The van der Waals surface area contributed by atoms with E-state index in [0.717, 1.165) is 3.70 Å². The second kappa shape index (κ2) is 2.78. The van der Waals surface area contributed by atoms with Crippen LogP contribution in [0.3, 0.4) is 0 Å². The molecular weight excluding hydrogens is 227 g/mol. The van der Waals surface area contributed by atoms with Crippen molar-refractivity contribution in [3.05, 3.63) is 27.6 Å². The first-order chi connectivity index (χ1) is 4.33. The summed E-state index contributed by atoms with van der Waals surface area (Å²) in [5.74, 6) is 0. The summed E-state index contributed by atoms with van der Waals surface area (Å²) in [5.41, 5.74) is 0.607. The van der Waals surface area contributed by atoms with Crippen molar-refractivity contribution < 1.29 is 0 Å². The van der Waals surface area contributed by atoms with Crippen molar-refractivity contribution in [2.75, 3.05) is 0 Å². The lowest BCUT2D eigenvalue weighted by atomic mass is 10.3. The Kier molecular flexibility index (Phi) is 2.01. The van der Waals surface area contributed by atoms with Gasteiger partial charge in [0.1, 0.15) is 9.77 Å². The van der Waals surface area contributed by atoms with Crippen LogP contribution in [0.15, 0.2) is 18.3 Å². The van der Waals surface area contributed by atoms with Gasteiger partial charge < -0.3 is 0 Å². The van der Waals surface area contributed by atoms with E-state index in [1.165, 1.54) is 0 Å². The molecule has 0 aliphatic heterocycles. The monoisotopic (exact) mass is 230 g/mol. The molecule has 0 radical (unpaired) electrons. The van der Waals surface area contributed by atoms with Crippen molar-refractivity contribution in [1.82, 2.24) is 4.98 Å². The second-order valence-electron chi connectivity index (χ2n) is 1.48. The van der Waals surface area contributed by atoms with Gasteiger partial charge in [0.05, 0.1) is 5.56 Å². The zero-order valence-corrected chi connectivity index (χ0v) is 6.66. The Morgan fingerprint density at radius 1 is 1.56 bits per heavy atom. The van der Waals surface area contributed by atoms with Gasteiger partial charge in [-0.1, -0.05) is 0 Å². The Bertz CT molecular complexity index is 234. The molecule has 0 spiro atoms. The minimum atomic E-state index is 0.607. The molecule has 0 aromatic carbocycles. The Morgan fingerprint density at radius 3 is 2.78 bits per heavy atom. The third kappa shape index (κ3) is 1.64. The molecule has 0 N–H and O–H groups in total. The maximum atomic E-state index is 8.34. The maximum Gasteiger partial charge on any atom is 0.101 e. The van der Waals surface area contributed by atoms with Crippen LogP contribution < -0.4 is 0 Å². The fourth-order valence-corrected chi connectivity index (χ4v) is 0.761. The third-order valence-corrected chi connectivity index (χ3v) is 1.49. The molecule has 0 saturated carbocycles. The van der Waals surface area contributed by atoms with E-state index in [9.17, 15) is 0 Å². The van der Waals surface area contributed by atoms with Crippen LogP contribution in [0.1, 0.15) is 5.56 Å². The molecule has 0 unspecified atom stereocenters. The Labute approximate surface area is 66.7 Å². The number of rotatable bonds is 0. The van der Waals surface area contributed by atoms with E-state index in [1.807, 2.05) is 6.07 Å². The summed E-state index contributed by atoms with van der Waals surface area (Å²) in [7, 11) is 0. The first kappa shape index (κ1) is 6.49. The second-order valence-corrected chi connectivity index (χ2v) is 2.59. The topological polar surface area (TPSA) is 36.7 Å². The molecule has 0 atom stereocenters. The standard InChI is InChI=1S/C6H3IN2/c7-6-2-1-5(3-8)4-9-6/h1-2,4H. The lowest BCUT2D eigenvalue weighted by Gasteiger charge is -1.85. The summed E-state index contributed by atoms with van der Waals surface area (Å²) in [6.45, 7) is 0. The largest absolute Gasteiger partial charge is 0.249 e. The summed E-state index contributed by atoms with van der Waals surface area (Å²) in [6, 6.07) is 5.54. The van der Waals surface area contributed by atoms with E-state index < -0.39 is 0 Å². The molecule has 0 saturated heterocycles. The fraction of sp³-hybridized carbons (Fsp3) is 0. The van der Waals surface area contributed by atoms with E-state index >= 15 is 0 Å². The van der Waals surface area contributed by atoms with Gasteiger partial charge >= 0.3 is 0 Å². The molecule has 1 aromatic heterocycles. The lowest BCUT2D eigenvalue weighted by Crippen LogP contribution is -1.79. The minimum Gasteiger partial charge on any atom is -0.249 e. The molecule has 2 nitrogen and oxygen atoms in total. The highest BCUT2D eigenvalue weighted by Crippen LogP contribution is 2.00. The van der Waals surface area contributed by atoms with Gasteiger partial charge in [0, 0.05) is 6.20 Å². The Balaban J connectivity index is 3.06. The predicted octanol–water partition coefficient (Wildman–Crippen LogP) is 1.56. The van der Waals surface area contributed by atoms with Crippen molar-refractivity contribution in [1.29, 1.82) is 5.26 Å². The molecule has 3 heteroatoms. The molecule has 0 aliphatic rings. The normalized spacial score (nSPS) is 8.44. The van der Waals surface area contributed by atoms with Gasteiger partial charge in [-0.2, -0.15) is 5.26 Å². The van der Waals surface area contributed by atoms with Crippen LogP contribution in [0.25, 0.3) is 0 Å². The van der Waals surface area contributed by atoms with E-state index in [4.69, 9.17) is 5.26 Å². The molecule has 0 amide bonds. The van der Waals surface area contributed by atoms with Gasteiger partial charge in [-0.3, -0.25) is 0 Å². The van der Waals surface area contributed by atoms with Crippen LogP contribution >= 0.6 is 22.6 Å². The molecule has 0 fully saturated rings. The van der Waals surface area contributed by atoms with Gasteiger partial charge in [0.25, 0.3) is 0 Å². The summed E-state index contributed by atoms with van der Waals surface area (Å²) >= 11 is 2.09. The number of nitrogens with zero attached hydrogens (tertiary/aromatic N) is 2. The lowest BCUT2D eigenvalue weighted by molar-refractivity contribution is 1.25. The van der Waals surface area contributed by atoms with Crippen molar-refractivity contribution in [2.45, 2.75) is 0 Å². The van der Waals surface area contributed by atoms with Gasteiger partial charge in [-0.25, -0.2) is 4.98 Å². The SMILES string of the molecule is N#Cc1ccc(I)nc1. The van der Waals surface area contributed by atoms with Gasteiger partial charge in [-0.05, 0) is 34.7 Å². The molecule has 1 aromatic rings. The van der Waals surface area contributed by atoms with Gasteiger partial charge in [0.2, 0.25) is 0 Å². The van der Waals surface area contributed by atoms with E-state index in [-0.39, 0.29) is 0 Å². The van der Waals surface area contributed by atoms with Crippen LogP contribution in [0.5, 0.6) is 0 Å². The van der Waals surface area contributed by atoms with Crippen molar-refractivity contribution in [3.8, 4) is 6.07 Å². The summed E-state index contributed by atoms with van der Waals surface area (Å²) < 4.78 is 0.909. The zero-order valence-electron chi connectivity index (χ0n) is 4.50. The van der Waals surface area contributed by atoms with Crippen LogP contribution in [0.2, 0.25) is 0 Å². The number of halogens is 1. The first-order valence-electron chi connectivity index (χ1n) is 2.34. The number of hydrogen-bond donors (Lipinski definition) is 0. The highest BCUT2D eigenvalue weighted by Gasteiger charge is 1.87. The van der Waals surface area contributed by atoms with Gasteiger partial charge in [-0.15, -0.1) is 0 Å². The number of pyridine rings is 1. The maximum absolute atomic E-state index is 8.34. The fourth-order valence-electron chi connectivity index (χ4n) is 0.442. The molecule has 1 rings (SSSR count). The molecule has 0 aliphatic carbocycles. The molecule has 1 heterocycles. The number of aromatic nitrogens is 1. The van der Waals surface area contributed by atoms with Crippen LogP contribution in [-0.2, 0) is 0 Å². The quantitative estimate of drug-likeness (QED) is 0.500. The van der Waals surface area contributed by atoms with Crippen LogP contribution in [0, 0.1) is 15.0 Å². The highest BCUT2D eigenvalue weighted by molar-refractivity contribution is 14.1. The Hall–Kier alpha value is -0.630. The third-order valence-electron chi connectivity index (χ3n) is 0.856. The average Bonchev–Trinajstić information content (AvgIpc) is 1.90. The van der Waals surface area contributed by atoms with E-state index in [0.29, 0.717) is 5.56 Å². The highest BCUT2D eigenvalue weighted by atomic mass is 127. The van der Waals surface area contributed by atoms with Gasteiger partial charge in [0.15, 0.2) is 0 Å². The van der Waals surface area contributed by atoms with Crippen molar-refractivity contribution in [2.24, 2.45) is 0 Å². The number of nitriles is 1. The van der Waals surface area contributed by atoms with E-state index in [1.54, 1.807) is 18.3 Å².